The second-order valence-electron chi connectivity index (χ2n) is 4.55. The fourth-order valence-electron chi connectivity index (χ4n) is 2.20. The highest BCUT2D eigenvalue weighted by molar-refractivity contribution is 5.95. The Hall–Kier alpha value is -1.85. The molecule has 1 aliphatic heterocycles. The van der Waals surface area contributed by atoms with E-state index in [1.54, 1.807) is 6.20 Å². The van der Waals surface area contributed by atoms with Crippen LogP contribution in [0.5, 0.6) is 0 Å². The lowest BCUT2D eigenvalue weighted by molar-refractivity contribution is -0.117. The van der Waals surface area contributed by atoms with E-state index in [4.69, 9.17) is 4.42 Å². The summed E-state index contributed by atoms with van der Waals surface area (Å²) in [4.78, 5) is 16.0. The molecule has 0 saturated carbocycles. The Morgan fingerprint density at radius 3 is 2.75 bits per heavy atom. The summed E-state index contributed by atoms with van der Waals surface area (Å²) in [7, 11) is 0. The molecule has 2 N–H and O–H groups in total. The third kappa shape index (κ3) is 3.18. The quantitative estimate of drug-likeness (QED) is 0.912. The van der Waals surface area contributed by atoms with Crippen LogP contribution in [0.25, 0.3) is 11.5 Å². The summed E-state index contributed by atoms with van der Waals surface area (Å²) in [5.41, 5.74) is 1.68. The second-order valence-corrected chi connectivity index (χ2v) is 4.55. The topological polar surface area (TPSA) is 67.2 Å². The first kappa shape index (κ1) is 14.6. The van der Waals surface area contributed by atoms with Gasteiger partial charge in [0.15, 0.2) is 0 Å². The number of benzene rings is 1. The first-order valence-corrected chi connectivity index (χ1v) is 6.37. The minimum atomic E-state index is -0.0635. The maximum atomic E-state index is 11.9. The van der Waals surface area contributed by atoms with Crippen LogP contribution in [0.4, 0.5) is 5.69 Å². The first-order chi connectivity index (χ1) is 9.33. The zero-order valence-electron chi connectivity index (χ0n) is 10.8. The SMILES string of the molecule is Cl.O=C(Nc1ccc(-c2ncco2)cc1)C1CCCN1. The van der Waals surface area contributed by atoms with E-state index >= 15 is 0 Å². The van der Waals surface area contributed by atoms with Gasteiger partial charge in [0.25, 0.3) is 0 Å². The summed E-state index contributed by atoms with van der Waals surface area (Å²) in [5.74, 6) is 0.608. The maximum Gasteiger partial charge on any atom is 0.241 e. The van der Waals surface area contributed by atoms with Crippen molar-refractivity contribution >= 4 is 24.0 Å². The first-order valence-electron chi connectivity index (χ1n) is 6.37. The van der Waals surface area contributed by atoms with Gasteiger partial charge in [-0.15, -0.1) is 12.4 Å². The summed E-state index contributed by atoms with van der Waals surface area (Å²) in [6.07, 6.45) is 5.11. The number of nitrogens with zero attached hydrogens (tertiary/aromatic N) is 1. The van der Waals surface area contributed by atoms with Crippen molar-refractivity contribution in [1.29, 1.82) is 0 Å². The predicted octanol–water partition coefficient (Wildman–Crippen LogP) is 2.45. The molecule has 1 unspecified atom stereocenters. The number of amides is 1. The molecular formula is C14H16ClN3O2. The highest BCUT2D eigenvalue weighted by Gasteiger charge is 2.21. The van der Waals surface area contributed by atoms with E-state index in [1.807, 2.05) is 24.3 Å². The van der Waals surface area contributed by atoms with Gasteiger partial charge in [0.1, 0.15) is 6.26 Å². The molecule has 2 aromatic rings. The molecule has 0 bridgehead atoms. The number of aromatic nitrogens is 1. The second kappa shape index (κ2) is 6.54. The van der Waals surface area contributed by atoms with Gasteiger partial charge in [-0.25, -0.2) is 4.98 Å². The molecule has 1 aromatic carbocycles. The molecule has 106 valence electrons. The molecule has 0 radical (unpaired) electrons. The molecule has 1 saturated heterocycles. The van der Waals surface area contributed by atoms with Crippen LogP contribution in [0, 0.1) is 0 Å². The van der Waals surface area contributed by atoms with Crippen molar-refractivity contribution < 1.29 is 9.21 Å². The number of nitrogens with one attached hydrogen (secondary N) is 2. The van der Waals surface area contributed by atoms with Crippen LogP contribution in [0.2, 0.25) is 0 Å². The molecule has 1 atom stereocenters. The molecule has 20 heavy (non-hydrogen) atoms. The summed E-state index contributed by atoms with van der Waals surface area (Å²) in [5, 5.41) is 6.08. The number of carbonyl (C=O) groups excluding carboxylic acids is 1. The lowest BCUT2D eigenvalue weighted by atomic mass is 10.2. The van der Waals surface area contributed by atoms with Crippen molar-refractivity contribution in [3.05, 3.63) is 36.7 Å². The number of hydrogen-bond donors (Lipinski definition) is 2. The van der Waals surface area contributed by atoms with Gasteiger partial charge in [-0.1, -0.05) is 0 Å². The summed E-state index contributed by atoms with van der Waals surface area (Å²) >= 11 is 0. The zero-order chi connectivity index (χ0) is 13.1. The fraction of sp³-hybridized carbons (Fsp3) is 0.286. The van der Waals surface area contributed by atoms with Gasteiger partial charge in [0, 0.05) is 11.3 Å². The summed E-state index contributed by atoms with van der Waals surface area (Å²) in [6, 6.07) is 7.40. The zero-order valence-corrected chi connectivity index (χ0v) is 11.7. The third-order valence-corrected chi connectivity index (χ3v) is 3.21. The Morgan fingerprint density at radius 2 is 2.15 bits per heavy atom. The van der Waals surface area contributed by atoms with Crippen molar-refractivity contribution in [2.75, 3.05) is 11.9 Å². The smallest absolute Gasteiger partial charge is 0.241 e. The van der Waals surface area contributed by atoms with E-state index in [2.05, 4.69) is 15.6 Å². The molecule has 1 aliphatic rings. The van der Waals surface area contributed by atoms with Crippen LogP contribution in [0.3, 0.4) is 0 Å². The monoisotopic (exact) mass is 293 g/mol. The third-order valence-electron chi connectivity index (χ3n) is 3.21. The molecule has 1 fully saturated rings. The summed E-state index contributed by atoms with van der Waals surface area (Å²) in [6.45, 7) is 0.918. The van der Waals surface area contributed by atoms with Gasteiger partial charge in [-0.05, 0) is 43.7 Å². The molecule has 1 aromatic heterocycles. The molecule has 2 heterocycles. The summed E-state index contributed by atoms with van der Waals surface area (Å²) < 4.78 is 5.21. The highest BCUT2D eigenvalue weighted by Crippen LogP contribution is 2.20. The van der Waals surface area contributed by atoms with Gasteiger partial charge in [0.05, 0.1) is 12.2 Å². The van der Waals surface area contributed by atoms with E-state index in [0.717, 1.165) is 30.6 Å². The Morgan fingerprint density at radius 1 is 1.35 bits per heavy atom. The number of carbonyl (C=O) groups is 1. The molecular weight excluding hydrogens is 278 g/mol. The Bertz CT molecular complexity index is 548. The normalized spacial score (nSPS) is 17.5. The minimum Gasteiger partial charge on any atom is -0.445 e. The van der Waals surface area contributed by atoms with Gasteiger partial charge in [0.2, 0.25) is 11.8 Å². The van der Waals surface area contributed by atoms with Crippen LogP contribution < -0.4 is 10.6 Å². The average Bonchev–Trinajstić information content (AvgIpc) is 3.13. The predicted molar refractivity (Wildman–Crippen MR) is 78.8 cm³/mol. The van der Waals surface area contributed by atoms with Crippen molar-refractivity contribution in [2.45, 2.75) is 18.9 Å². The van der Waals surface area contributed by atoms with Crippen LogP contribution in [0.15, 0.2) is 41.1 Å². The van der Waals surface area contributed by atoms with Crippen molar-refractivity contribution in [1.82, 2.24) is 10.3 Å². The van der Waals surface area contributed by atoms with Crippen molar-refractivity contribution in [3.63, 3.8) is 0 Å². The number of oxazole rings is 1. The fourth-order valence-corrected chi connectivity index (χ4v) is 2.20. The standard InChI is InChI=1S/C14H15N3O2.ClH/c18-13(12-2-1-7-15-12)17-11-5-3-10(4-6-11)14-16-8-9-19-14;/h3-6,8-9,12,15H,1-2,7H2,(H,17,18);1H. The lowest BCUT2D eigenvalue weighted by Crippen LogP contribution is -2.35. The molecule has 6 heteroatoms. The lowest BCUT2D eigenvalue weighted by Gasteiger charge is -2.11. The number of hydrogen-bond acceptors (Lipinski definition) is 4. The largest absolute Gasteiger partial charge is 0.445 e. The Kier molecular flexibility index (Phi) is 4.76. The van der Waals surface area contributed by atoms with E-state index in [9.17, 15) is 4.79 Å². The van der Waals surface area contributed by atoms with E-state index in [-0.39, 0.29) is 24.4 Å². The van der Waals surface area contributed by atoms with Crippen molar-refractivity contribution in [2.24, 2.45) is 0 Å². The average molecular weight is 294 g/mol. The van der Waals surface area contributed by atoms with Crippen LogP contribution >= 0.6 is 12.4 Å². The maximum absolute atomic E-state index is 11.9. The van der Waals surface area contributed by atoms with Gasteiger partial charge in [-0.2, -0.15) is 0 Å². The molecule has 3 rings (SSSR count). The Labute approximate surface area is 123 Å². The van der Waals surface area contributed by atoms with Crippen LogP contribution in [0.1, 0.15) is 12.8 Å². The number of halogens is 1. The van der Waals surface area contributed by atoms with Gasteiger partial charge in [-0.3, -0.25) is 4.79 Å². The van der Waals surface area contributed by atoms with Gasteiger partial charge >= 0.3 is 0 Å². The minimum absolute atomic E-state index is 0. The number of anilines is 1. The van der Waals surface area contributed by atoms with Crippen molar-refractivity contribution in [3.8, 4) is 11.5 Å². The van der Waals surface area contributed by atoms with Crippen LogP contribution in [-0.2, 0) is 4.79 Å². The van der Waals surface area contributed by atoms with E-state index in [1.165, 1.54) is 6.26 Å². The van der Waals surface area contributed by atoms with E-state index in [0.29, 0.717) is 5.89 Å². The molecule has 5 nitrogen and oxygen atoms in total. The van der Waals surface area contributed by atoms with Gasteiger partial charge < -0.3 is 15.1 Å². The van der Waals surface area contributed by atoms with E-state index < -0.39 is 0 Å². The molecule has 1 amide bonds. The number of rotatable bonds is 3. The Balaban J connectivity index is 0.00000147. The molecule has 0 aliphatic carbocycles. The molecule has 0 spiro atoms. The van der Waals surface area contributed by atoms with Crippen LogP contribution in [-0.4, -0.2) is 23.5 Å². The highest BCUT2D eigenvalue weighted by atomic mass is 35.5.